The van der Waals surface area contributed by atoms with Gasteiger partial charge in [0.05, 0.1) is 18.8 Å². The lowest BCUT2D eigenvalue weighted by Gasteiger charge is -2.13. The molecule has 5 aromatic rings. The molecule has 2 heterocycles. The molecule has 0 radical (unpaired) electrons. The lowest BCUT2D eigenvalue weighted by Crippen LogP contribution is -2.06. The minimum Gasteiger partial charge on any atom is -0.490 e. The van der Waals surface area contributed by atoms with Crippen molar-refractivity contribution < 1.29 is 23.1 Å². The van der Waals surface area contributed by atoms with Crippen molar-refractivity contribution in [3.05, 3.63) is 106 Å². The fourth-order valence-corrected chi connectivity index (χ4v) is 3.89. The van der Waals surface area contributed by atoms with E-state index >= 15 is 0 Å². The number of aryl methyl sites for hydroxylation is 1. The van der Waals surface area contributed by atoms with Crippen LogP contribution >= 0.6 is 0 Å². The third kappa shape index (κ3) is 3.65. The molecule has 0 spiro atoms. The summed E-state index contributed by atoms with van der Waals surface area (Å²) in [5.74, 6) is 1.13. The normalized spacial score (nSPS) is 11.1. The van der Waals surface area contributed by atoms with Crippen LogP contribution in [0.1, 0.15) is 27.2 Å². The average molecular weight is 440 g/mol. The van der Waals surface area contributed by atoms with Gasteiger partial charge in [0.2, 0.25) is 5.75 Å². The van der Waals surface area contributed by atoms with E-state index in [0.29, 0.717) is 44.7 Å². The molecule has 5 rings (SSSR count). The standard InChI is InChI=1S/C27H20O6/c1-16-14-21(28)22-24(20-12-13-31-25(20)27(30-2)26(22)33-16)32-15-17-8-10-19(11-9-17)23(29)18-6-4-3-5-7-18/h3-14H,15H2,1-2H3. The Labute approximate surface area is 189 Å². The maximum atomic E-state index is 12.9. The van der Waals surface area contributed by atoms with E-state index < -0.39 is 0 Å². The van der Waals surface area contributed by atoms with Crippen LogP contribution < -0.4 is 14.9 Å². The lowest BCUT2D eigenvalue weighted by molar-refractivity contribution is 0.103. The molecule has 6 heteroatoms. The van der Waals surface area contributed by atoms with Gasteiger partial charge in [0.15, 0.2) is 22.4 Å². The second kappa shape index (κ2) is 8.31. The van der Waals surface area contributed by atoms with Gasteiger partial charge in [-0.2, -0.15) is 0 Å². The van der Waals surface area contributed by atoms with Gasteiger partial charge < -0.3 is 18.3 Å². The summed E-state index contributed by atoms with van der Waals surface area (Å²) in [5.41, 5.74) is 2.57. The second-order valence-electron chi connectivity index (χ2n) is 7.63. The van der Waals surface area contributed by atoms with Gasteiger partial charge in [-0.1, -0.05) is 54.6 Å². The van der Waals surface area contributed by atoms with E-state index in [0.717, 1.165) is 5.56 Å². The molecular weight excluding hydrogens is 420 g/mol. The minimum absolute atomic E-state index is 0.0442. The maximum Gasteiger partial charge on any atom is 0.206 e. The molecule has 2 aromatic heterocycles. The molecule has 0 aliphatic rings. The number of methoxy groups -OCH3 is 1. The Morgan fingerprint density at radius 3 is 2.36 bits per heavy atom. The van der Waals surface area contributed by atoms with Crippen LogP contribution in [-0.2, 0) is 6.61 Å². The number of furan rings is 1. The highest BCUT2D eigenvalue weighted by molar-refractivity contribution is 6.09. The number of ether oxygens (including phenoxy) is 2. The van der Waals surface area contributed by atoms with Gasteiger partial charge in [0, 0.05) is 17.2 Å². The molecular formula is C27H20O6. The van der Waals surface area contributed by atoms with Crippen LogP contribution in [0.25, 0.3) is 21.9 Å². The zero-order valence-electron chi connectivity index (χ0n) is 18.1. The first-order valence-electron chi connectivity index (χ1n) is 10.4. The Bertz CT molecular complexity index is 1530. The summed E-state index contributed by atoms with van der Waals surface area (Å²) in [6.45, 7) is 1.89. The SMILES string of the molecule is COc1c2occc2c(OCc2ccc(C(=O)c3ccccc3)cc2)c2c(=O)cc(C)oc12. The summed E-state index contributed by atoms with van der Waals surface area (Å²) in [6, 6.07) is 19.5. The largest absolute Gasteiger partial charge is 0.490 e. The number of carbonyl (C=O) groups excluding carboxylic acids is 1. The van der Waals surface area contributed by atoms with E-state index in [-0.39, 0.29) is 23.4 Å². The van der Waals surface area contributed by atoms with Gasteiger partial charge in [-0.05, 0) is 18.6 Å². The highest BCUT2D eigenvalue weighted by atomic mass is 16.5. The Morgan fingerprint density at radius 1 is 0.909 bits per heavy atom. The molecule has 33 heavy (non-hydrogen) atoms. The molecule has 0 saturated carbocycles. The number of rotatable bonds is 6. The predicted octanol–water partition coefficient (Wildman–Crippen LogP) is 5.67. The van der Waals surface area contributed by atoms with Crippen molar-refractivity contribution >= 4 is 27.7 Å². The van der Waals surface area contributed by atoms with Crippen molar-refractivity contribution in [2.24, 2.45) is 0 Å². The minimum atomic E-state index is -0.228. The van der Waals surface area contributed by atoms with Crippen LogP contribution in [0, 0.1) is 6.92 Å². The van der Waals surface area contributed by atoms with Crippen molar-refractivity contribution in [2.45, 2.75) is 13.5 Å². The monoisotopic (exact) mass is 440 g/mol. The highest BCUT2D eigenvalue weighted by Gasteiger charge is 2.23. The van der Waals surface area contributed by atoms with Gasteiger partial charge in [-0.25, -0.2) is 0 Å². The number of hydrogen-bond donors (Lipinski definition) is 0. The first-order valence-corrected chi connectivity index (χ1v) is 10.4. The topological polar surface area (TPSA) is 78.9 Å². The number of hydrogen-bond acceptors (Lipinski definition) is 6. The van der Waals surface area contributed by atoms with Crippen molar-refractivity contribution in [2.75, 3.05) is 7.11 Å². The number of ketones is 1. The lowest BCUT2D eigenvalue weighted by atomic mass is 10.0. The van der Waals surface area contributed by atoms with E-state index in [1.165, 1.54) is 19.4 Å². The van der Waals surface area contributed by atoms with E-state index in [1.54, 1.807) is 37.3 Å². The van der Waals surface area contributed by atoms with Crippen LogP contribution in [0.4, 0.5) is 0 Å². The van der Waals surface area contributed by atoms with Crippen molar-refractivity contribution in [1.82, 2.24) is 0 Å². The zero-order chi connectivity index (χ0) is 22.9. The first kappa shape index (κ1) is 20.6. The number of carbonyl (C=O) groups is 1. The molecule has 0 saturated heterocycles. The van der Waals surface area contributed by atoms with Gasteiger partial charge in [0.25, 0.3) is 0 Å². The Kier molecular flexibility index (Phi) is 5.18. The summed E-state index contributed by atoms with van der Waals surface area (Å²) in [6.07, 6.45) is 1.51. The Hall–Kier alpha value is -4.32. The summed E-state index contributed by atoms with van der Waals surface area (Å²) in [5, 5.41) is 0.911. The number of fused-ring (bicyclic) bond motifs is 2. The molecule has 0 atom stereocenters. The molecule has 0 fully saturated rings. The molecule has 6 nitrogen and oxygen atoms in total. The van der Waals surface area contributed by atoms with Crippen LogP contribution in [0.5, 0.6) is 11.5 Å². The third-order valence-corrected chi connectivity index (χ3v) is 5.46. The van der Waals surface area contributed by atoms with Gasteiger partial charge in [0.1, 0.15) is 23.5 Å². The van der Waals surface area contributed by atoms with Crippen LogP contribution in [0.2, 0.25) is 0 Å². The van der Waals surface area contributed by atoms with Crippen LogP contribution in [0.3, 0.4) is 0 Å². The highest BCUT2D eigenvalue weighted by Crippen LogP contribution is 2.42. The molecule has 164 valence electrons. The van der Waals surface area contributed by atoms with Crippen molar-refractivity contribution in [3.8, 4) is 11.5 Å². The smallest absolute Gasteiger partial charge is 0.206 e. The quantitative estimate of drug-likeness (QED) is 0.317. The average Bonchev–Trinajstić information content (AvgIpc) is 3.32. The summed E-state index contributed by atoms with van der Waals surface area (Å²) in [4.78, 5) is 25.5. The molecule has 3 aromatic carbocycles. The summed E-state index contributed by atoms with van der Waals surface area (Å²) in [7, 11) is 1.50. The fraction of sp³-hybridized carbons (Fsp3) is 0.111. The van der Waals surface area contributed by atoms with Gasteiger partial charge in [-0.15, -0.1) is 0 Å². The fourth-order valence-electron chi connectivity index (χ4n) is 3.89. The van der Waals surface area contributed by atoms with Crippen LogP contribution in [-0.4, -0.2) is 12.9 Å². The Balaban J connectivity index is 1.49. The predicted molar refractivity (Wildman–Crippen MR) is 124 cm³/mol. The first-order chi connectivity index (χ1) is 16.1. The van der Waals surface area contributed by atoms with E-state index in [4.69, 9.17) is 18.3 Å². The molecule has 0 unspecified atom stereocenters. The van der Waals surface area contributed by atoms with E-state index in [9.17, 15) is 9.59 Å². The zero-order valence-corrected chi connectivity index (χ0v) is 18.1. The van der Waals surface area contributed by atoms with Crippen LogP contribution in [0.15, 0.2) is 86.6 Å². The number of benzene rings is 3. The van der Waals surface area contributed by atoms with E-state index in [2.05, 4.69) is 0 Å². The van der Waals surface area contributed by atoms with Crippen molar-refractivity contribution in [3.63, 3.8) is 0 Å². The summed E-state index contributed by atoms with van der Waals surface area (Å²) < 4.78 is 23.0. The molecule has 0 aliphatic heterocycles. The van der Waals surface area contributed by atoms with E-state index in [1.807, 2.05) is 30.3 Å². The molecule has 0 N–H and O–H groups in total. The summed E-state index contributed by atoms with van der Waals surface area (Å²) >= 11 is 0. The molecule has 0 aliphatic carbocycles. The molecule has 0 bridgehead atoms. The Morgan fingerprint density at radius 2 is 1.64 bits per heavy atom. The van der Waals surface area contributed by atoms with Gasteiger partial charge in [-0.3, -0.25) is 9.59 Å². The second-order valence-corrected chi connectivity index (χ2v) is 7.63. The molecule has 0 amide bonds. The maximum absolute atomic E-state index is 12.9. The van der Waals surface area contributed by atoms with Crippen molar-refractivity contribution in [1.29, 1.82) is 0 Å². The third-order valence-electron chi connectivity index (χ3n) is 5.46. The van der Waals surface area contributed by atoms with Gasteiger partial charge >= 0.3 is 0 Å².